The molecule has 138 valence electrons. The van der Waals surface area contributed by atoms with Crippen LogP contribution in [-0.2, 0) is 9.53 Å². The third-order valence-corrected chi connectivity index (χ3v) is 8.72. The number of carbonyl (C=O) groups excluding carboxylic acids is 1. The largest absolute Gasteiger partial charge is 1.00 e. The third kappa shape index (κ3) is 4.74. The van der Waals surface area contributed by atoms with Gasteiger partial charge in [-0.05, 0) is 42.5 Å². The molecule has 0 aromatic heterocycles. The van der Waals surface area contributed by atoms with Crippen molar-refractivity contribution in [2.75, 3.05) is 13.3 Å². The van der Waals surface area contributed by atoms with Crippen LogP contribution in [-0.4, -0.2) is 19.2 Å². The summed E-state index contributed by atoms with van der Waals surface area (Å²) in [4.78, 5) is 11.6. The van der Waals surface area contributed by atoms with E-state index < -0.39 is 7.26 Å². The zero-order valence-corrected chi connectivity index (χ0v) is 17.6. The minimum atomic E-state index is -1.91. The number of ether oxygens (including phenoxy) is 1. The summed E-state index contributed by atoms with van der Waals surface area (Å²) in [6.07, 6.45) is 4.25. The molecule has 0 fully saturated rings. The lowest BCUT2D eigenvalue weighted by Crippen LogP contribution is -3.00. The molecule has 0 radical (unpaired) electrons. The lowest BCUT2D eigenvalue weighted by Gasteiger charge is -2.26. The molecule has 0 unspecified atom stereocenters. The molecule has 0 spiro atoms. The first-order chi connectivity index (χ1) is 12.8. The molecule has 0 N–H and O–H groups in total. The predicted octanol–water partition coefficient (Wildman–Crippen LogP) is 0.714. The molecule has 3 aromatic carbocycles. The number of benzene rings is 3. The number of hydrogen-bond acceptors (Lipinski definition) is 2. The first kappa shape index (κ1) is 21.1. The Morgan fingerprint density at radius 1 is 0.778 bits per heavy atom. The van der Waals surface area contributed by atoms with E-state index in [0.717, 1.165) is 6.16 Å². The summed E-state index contributed by atoms with van der Waals surface area (Å²) in [6, 6.07) is 31.8. The molecule has 0 aliphatic carbocycles. The number of esters is 1. The lowest BCUT2D eigenvalue weighted by atomic mass is 10.4. The molecular weight excluding hydrogens is 419 g/mol. The van der Waals surface area contributed by atoms with Gasteiger partial charge in [-0.2, -0.15) is 0 Å². The minimum Gasteiger partial charge on any atom is -1.00 e. The molecule has 0 saturated carbocycles. The zero-order valence-electron chi connectivity index (χ0n) is 15.2. The minimum absolute atomic E-state index is 0. The molecule has 0 aliphatic heterocycles. The van der Waals surface area contributed by atoms with Crippen LogP contribution < -0.4 is 32.9 Å². The molecule has 0 heterocycles. The Morgan fingerprint density at radius 3 is 1.48 bits per heavy atom. The third-order valence-electron chi connectivity index (χ3n) is 4.43. The van der Waals surface area contributed by atoms with E-state index in [1.54, 1.807) is 0 Å². The summed E-state index contributed by atoms with van der Waals surface area (Å²) in [6.45, 7) is 0. The van der Waals surface area contributed by atoms with Gasteiger partial charge in [0.1, 0.15) is 23.2 Å². The molecule has 3 aromatic rings. The maximum Gasteiger partial charge on any atom is 0.330 e. The van der Waals surface area contributed by atoms with Crippen molar-refractivity contribution >= 4 is 29.1 Å². The van der Waals surface area contributed by atoms with Crippen molar-refractivity contribution in [3.05, 3.63) is 103 Å². The molecule has 0 atom stereocenters. The molecule has 27 heavy (non-hydrogen) atoms. The van der Waals surface area contributed by atoms with Crippen molar-refractivity contribution in [2.24, 2.45) is 0 Å². The molecular formula is C23H22BrO2P. The molecule has 2 nitrogen and oxygen atoms in total. The van der Waals surface area contributed by atoms with Crippen LogP contribution >= 0.6 is 7.26 Å². The smallest absolute Gasteiger partial charge is 0.330 e. The molecule has 3 rings (SSSR count). The van der Waals surface area contributed by atoms with Crippen molar-refractivity contribution in [1.82, 2.24) is 0 Å². The number of methoxy groups -OCH3 is 1. The molecule has 0 amide bonds. The topological polar surface area (TPSA) is 26.3 Å². The summed E-state index contributed by atoms with van der Waals surface area (Å²) >= 11 is 0. The highest BCUT2D eigenvalue weighted by molar-refractivity contribution is 7.95. The van der Waals surface area contributed by atoms with E-state index in [2.05, 4.69) is 72.8 Å². The van der Waals surface area contributed by atoms with Crippen LogP contribution in [0.25, 0.3) is 0 Å². The molecule has 0 saturated heterocycles. The van der Waals surface area contributed by atoms with Crippen LogP contribution in [0.1, 0.15) is 0 Å². The molecule has 4 heteroatoms. The Bertz CT molecular complexity index is 768. The van der Waals surface area contributed by atoms with Crippen LogP contribution in [0.3, 0.4) is 0 Å². The van der Waals surface area contributed by atoms with Crippen LogP contribution in [0.4, 0.5) is 0 Å². The number of hydrogen-bond donors (Lipinski definition) is 0. The van der Waals surface area contributed by atoms with E-state index >= 15 is 0 Å². The summed E-state index contributed by atoms with van der Waals surface area (Å²) < 4.78 is 4.77. The van der Waals surface area contributed by atoms with Crippen LogP contribution in [0, 0.1) is 0 Å². The summed E-state index contributed by atoms with van der Waals surface area (Å²) in [5, 5.41) is 3.89. The van der Waals surface area contributed by atoms with E-state index in [0.29, 0.717) is 0 Å². The Hall–Kier alpha value is -2.22. The highest BCUT2D eigenvalue weighted by Gasteiger charge is 2.44. The second kappa shape index (κ2) is 10.2. The van der Waals surface area contributed by atoms with Gasteiger partial charge < -0.3 is 21.7 Å². The average molecular weight is 441 g/mol. The summed E-state index contributed by atoms with van der Waals surface area (Å²) in [7, 11) is -0.511. The van der Waals surface area contributed by atoms with Gasteiger partial charge >= 0.3 is 5.97 Å². The number of halogens is 1. The monoisotopic (exact) mass is 440 g/mol. The zero-order chi connectivity index (χ0) is 18.2. The van der Waals surface area contributed by atoms with Crippen molar-refractivity contribution in [1.29, 1.82) is 0 Å². The fourth-order valence-electron chi connectivity index (χ4n) is 3.19. The van der Waals surface area contributed by atoms with Gasteiger partial charge in [0.25, 0.3) is 0 Å². The van der Waals surface area contributed by atoms with E-state index in [-0.39, 0.29) is 23.0 Å². The van der Waals surface area contributed by atoms with Crippen molar-refractivity contribution in [3.63, 3.8) is 0 Å². The van der Waals surface area contributed by atoms with Gasteiger partial charge in [0.2, 0.25) is 0 Å². The maximum atomic E-state index is 11.6. The van der Waals surface area contributed by atoms with E-state index in [4.69, 9.17) is 4.74 Å². The predicted molar refractivity (Wildman–Crippen MR) is 111 cm³/mol. The van der Waals surface area contributed by atoms with E-state index in [1.807, 2.05) is 24.3 Å². The van der Waals surface area contributed by atoms with Gasteiger partial charge in [-0.1, -0.05) is 54.6 Å². The fourth-order valence-corrected chi connectivity index (χ4v) is 7.18. The first-order valence-corrected chi connectivity index (χ1v) is 10.5. The van der Waals surface area contributed by atoms with E-state index in [1.165, 1.54) is 29.1 Å². The van der Waals surface area contributed by atoms with Crippen LogP contribution in [0.15, 0.2) is 103 Å². The van der Waals surface area contributed by atoms with Crippen molar-refractivity contribution in [3.8, 4) is 0 Å². The second-order valence-corrected chi connectivity index (χ2v) is 9.46. The second-order valence-electron chi connectivity index (χ2n) is 5.92. The number of rotatable bonds is 6. The van der Waals surface area contributed by atoms with Gasteiger partial charge in [0.05, 0.1) is 13.3 Å². The Labute approximate surface area is 172 Å². The Kier molecular flexibility index (Phi) is 7.97. The summed E-state index contributed by atoms with van der Waals surface area (Å²) in [5.74, 6) is -0.322. The number of carbonyl (C=O) groups is 1. The normalized spacial score (nSPS) is 11.0. The fraction of sp³-hybridized carbons (Fsp3) is 0.0870. The highest BCUT2D eigenvalue weighted by Crippen LogP contribution is 2.55. The SMILES string of the molecule is COC(=O)/C=C/C[P+](c1ccccc1)(c1ccccc1)c1ccccc1.[Br-]. The van der Waals surface area contributed by atoms with Gasteiger partial charge in [-0.3, -0.25) is 0 Å². The van der Waals surface area contributed by atoms with Gasteiger partial charge in [-0.25, -0.2) is 4.79 Å². The maximum absolute atomic E-state index is 11.6. The molecule has 0 aliphatic rings. The van der Waals surface area contributed by atoms with Crippen molar-refractivity contribution < 1.29 is 26.5 Å². The van der Waals surface area contributed by atoms with Crippen molar-refractivity contribution in [2.45, 2.75) is 0 Å². The van der Waals surface area contributed by atoms with Crippen LogP contribution in [0.2, 0.25) is 0 Å². The first-order valence-electron chi connectivity index (χ1n) is 8.57. The standard InChI is InChI=1S/C23H22O2P.BrH/c1-25-23(24)18-11-19-26(20-12-5-2-6-13-20,21-14-7-3-8-15-21)22-16-9-4-10-17-22;/h2-18H,19H2,1H3;1H/q+1;/p-1/b18-11+;. The van der Waals surface area contributed by atoms with E-state index in [9.17, 15) is 4.79 Å². The van der Waals surface area contributed by atoms with Gasteiger partial charge in [0, 0.05) is 6.08 Å². The van der Waals surface area contributed by atoms with Crippen LogP contribution in [0.5, 0.6) is 0 Å². The Balaban J connectivity index is 0.00000261. The quantitative estimate of drug-likeness (QED) is 0.320. The average Bonchev–Trinajstić information content (AvgIpc) is 2.73. The van der Waals surface area contributed by atoms with Gasteiger partial charge in [0.15, 0.2) is 0 Å². The lowest BCUT2D eigenvalue weighted by molar-refractivity contribution is -0.134. The highest BCUT2D eigenvalue weighted by atomic mass is 79.9. The summed E-state index contributed by atoms with van der Waals surface area (Å²) in [5.41, 5.74) is 0. The molecule has 0 bridgehead atoms. The van der Waals surface area contributed by atoms with Gasteiger partial charge in [-0.15, -0.1) is 0 Å². The Morgan fingerprint density at radius 2 is 1.15 bits per heavy atom. The number of allylic oxidation sites excluding steroid dienone is 1.